The van der Waals surface area contributed by atoms with Crippen molar-refractivity contribution in [1.82, 2.24) is 9.97 Å². The van der Waals surface area contributed by atoms with E-state index >= 15 is 0 Å². The average Bonchev–Trinajstić information content (AvgIpc) is 2.19. The molecule has 1 aromatic heterocycles. The van der Waals surface area contributed by atoms with E-state index in [-0.39, 0.29) is 6.61 Å². The number of hydrogen-bond acceptors (Lipinski definition) is 5. The van der Waals surface area contributed by atoms with Gasteiger partial charge in [0.25, 0.3) is 0 Å². The summed E-state index contributed by atoms with van der Waals surface area (Å²) in [4.78, 5) is 7.76. The largest absolute Gasteiger partial charge is 0.394 e. The van der Waals surface area contributed by atoms with Gasteiger partial charge in [0, 0.05) is 12.7 Å². The SMILES string of the molecule is OCCOCCNc1ccncn1. The number of nitrogens with zero attached hydrogens (tertiary/aromatic N) is 2. The lowest BCUT2D eigenvalue weighted by atomic mass is 10.5. The van der Waals surface area contributed by atoms with Gasteiger partial charge in [0.15, 0.2) is 0 Å². The Morgan fingerprint density at radius 3 is 3.08 bits per heavy atom. The van der Waals surface area contributed by atoms with Gasteiger partial charge >= 0.3 is 0 Å². The third-order valence-electron chi connectivity index (χ3n) is 1.37. The van der Waals surface area contributed by atoms with Gasteiger partial charge in [0.2, 0.25) is 0 Å². The van der Waals surface area contributed by atoms with Crippen LogP contribution in [0.25, 0.3) is 0 Å². The van der Waals surface area contributed by atoms with E-state index in [9.17, 15) is 0 Å². The Labute approximate surface area is 76.8 Å². The van der Waals surface area contributed by atoms with Crippen LogP contribution in [0.1, 0.15) is 0 Å². The van der Waals surface area contributed by atoms with Gasteiger partial charge in [-0.25, -0.2) is 9.97 Å². The molecule has 1 rings (SSSR count). The molecule has 0 unspecified atom stereocenters. The van der Waals surface area contributed by atoms with Crippen LogP contribution in [0.4, 0.5) is 5.82 Å². The van der Waals surface area contributed by atoms with Crippen LogP contribution in [0.2, 0.25) is 0 Å². The summed E-state index contributed by atoms with van der Waals surface area (Å²) in [6.07, 6.45) is 3.15. The molecule has 72 valence electrons. The summed E-state index contributed by atoms with van der Waals surface area (Å²) in [5.41, 5.74) is 0. The van der Waals surface area contributed by atoms with Gasteiger partial charge in [-0.05, 0) is 6.07 Å². The molecular formula is C8H13N3O2. The number of aliphatic hydroxyl groups excluding tert-OH is 1. The van der Waals surface area contributed by atoms with Gasteiger partial charge in [-0.1, -0.05) is 0 Å². The van der Waals surface area contributed by atoms with Crippen LogP contribution in [-0.4, -0.2) is 41.4 Å². The lowest BCUT2D eigenvalue weighted by Gasteiger charge is -2.04. The third kappa shape index (κ3) is 4.39. The summed E-state index contributed by atoms with van der Waals surface area (Å²) in [6, 6.07) is 1.78. The fourth-order valence-corrected chi connectivity index (χ4v) is 0.813. The average molecular weight is 183 g/mol. The minimum atomic E-state index is 0.0630. The highest BCUT2D eigenvalue weighted by molar-refractivity contribution is 5.31. The van der Waals surface area contributed by atoms with Crippen molar-refractivity contribution in [2.24, 2.45) is 0 Å². The first kappa shape index (κ1) is 9.88. The molecule has 0 fully saturated rings. The molecule has 0 radical (unpaired) electrons. The first-order valence-electron chi connectivity index (χ1n) is 4.12. The Balaban J connectivity index is 2.07. The maximum absolute atomic E-state index is 8.42. The molecule has 2 N–H and O–H groups in total. The molecular weight excluding hydrogens is 170 g/mol. The summed E-state index contributed by atoms with van der Waals surface area (Å²) in [5, 5.41) is 11.5. The predicted octanol–water partition coefficient (Wildman–Crippen LogP) is -0.103. The Morgan fingerprint density at radius 1 is 1.46 bits per heavy atom. The number of aliphatic hydroxyl groups is 1. The van der Waals surface area contributed by atoms with Crippen LogP contribution in [0.15, 0.2) is 18.6 Å². The minimum absolute atomic E-state index is 0.0630. The molecule has 0 aliphatic heterocycles. The van der Waals surface area contributed by atoms with E-state index in [0.29, 0.717) is 19.8 Å². The maximum atomic E-state index is 8.42. The van der Waals surface area contributed by atoms with Crippen LogP contribution < -0.4 is 5.32 Å². The Morgan fingerprint density at radius 2 is 2.38 bits per heavy atom. The van der Waals surface area contributed by atoms with Crippen molar-refractivity contribution < 1.29 is 9.84 Å². The van der Waals surface area contributed by atoms with Crippen molar-refractivity contribution in [3.8, 4) is 0 Å². The molecule has 0 saturated heterocycles. The van der Waals surface area contributed by atoms with Gasteiger partial charge in [0.1, 0.15) is 12.1 Å². The van der Waals surface area contributed by atoms with E-state index in [0.717, 1.165) is 5.82 Å². The summed E-state index contributed by atoms with van der Waals surface area (Å²) in [5.74, 6) is 0.780. The van der Waals surface area contributed by atoms with E-state index in [4.69, 9.17) is 9.84 Å². The molecule has 0 aromatic carbocycles. The third-order valence-corrected chi connectivity index (χ3v) is 1.37. The zero-order chi connectivity index (χ0) is 9.36. The van der Waals surface area contributed by atoms with Gasteiger partial charge in [0.05, 0.1) is 19.8 Å². The van der Waals surface area contributed by atoms with Crippen LogP contribution in [0.3, 0.4) is 0 Å². The summed E-state index contributed by atoms with van der Waals surface area (Å²) >= 11 is 0. The van der Waals surface area contributed by atoms with Crippen molar-refractivity contribution >= 4 is 5.82 Å². The topological polar surface area (TPSA) is 67.3 Å². The zero-order valence-electron chi connectivity index (χ0n) is 7.31. The molecule has 13 heavy (non-hydrogen) atoms. The van der Waals surface area contributed by atoms with Crippen LogP contribution in [0, 0.1) is 0 Å². The van der Waals surface area contributed by atoms with Crippen molar-refractivity contribution in [1.29, 1.82) is 0 Å². The van der Waals surface area contributed by atoms with Gasteiger partial charge in [-0.3, -0.25) is 0 Å². The highest BCUT2D eigenvalue weighted by Gasteiger charge is 1.90. The standard InChI is InChI=1S/C8H13N3O2/c12-4-6-13-5-3-10-8-1-2-9-7-11-8/h1-2,7,12H,3-6H2,(H,9,10,11). The number of rotatable bonds is 6. The predicted molar refractivity (Wildman–Crippen MR) is 48.4 cm³/mol. The first-order valence-corrected chi connectivity index (χ1v) is 4.12. The number of nitrogens with one attached hydrogen (secondary N) is 1. The Kier molecular flexibility index (Phi) is 4.81. The van der Waals surface area contributed by atoms with Crippen molar-refractivity contribution in [2.75, 3.05) is 31.7 Å². The van der Waals surface area contributed by atoms with Gasteiger partial charge in [-0.2, -0.15) is 0 Å². The van der Waals surface area contributed by atoms with Gasteiger partial charge < -0.3 is 15.2 Å². The minimum Gasteiger partial charge on any atom is -0.394 e. The smallest absolute Gasteiger partial charge is 0.129 e. The Bertz CT molecular complexity index is 218. The van der Waals surface area contributed by atoms with E-state index in [1.165, 1.54) is 6.33 Å². The second-order valence-corrected chi connectivity index (χ2v) is 2.36. The number of hydrogen-bond donors (Lipinski definition) is 2. The molecule has 0 spiro atoms. The first-order chi connectivity index (χ1) is 6.43. The summed E-state index contributed by atoms with van der Waals surface area (Å²) in [7, 11) is 0. The summed E-state index contributed by atoms with van der Waals surface area (Å²) < 4.78 is 5.05. The normalized spacial score (nSPS) is 9.92. The zero-order valence-corrected chi connectivity index (χ0v) is 7.31. The lowest BCUT2D eigenvalue weighted by Crippen LogP contribution is -2.11. The van der Waals surface area contributed by atoms with Crippen LogP contribution in [0.5, 0.6) is 0 Å². The van der Waals surface area contributed by atoms with E-state index in [1.54, 1.807) is 12.3 Å². The number of ether oxygens (including phenoxy) is 1. The highest BCUT2D eigenvalue weighted by Crippen LogP contribution is 1.95. The van der Waals surface area contributed by atoms with E-state index in [2.05, 4.69) is 15.3 Å². The molecule has 1 heterocycles. The molecule has 0 aliphatic carbocycles. The second-order valence-electron chi connectivity index (χ2n) is 2.36. The molecule has 0 saturated carbocycles. The number of aromatic nitrogens is 2. The molecule has 0 bridgehead atoms. The molecule has 0 atom stereocenters. The second kappa shape index (κ2) is 6.33. The van der Waals surface area contributed by atoms with Crippen LogP contribution in [-0.2, 0) is 4.74 Å². The lowest BCUT2D eigenvalue weighted by molar-refractivity contribution is 0.0992. The van der Waals surface area contributed by atoms with Gasteiger partial charge in [-0.15, -0.1) is 0 Å². The monoisotopic (exact) mass is 183 g/mol. The van der Waals surface area contributed by atoms with Crippen molar-refractivity contribution in [2.45, 2.75) is 0 Å². The molecule has 0 aliphatic rings. The highest BCUT2D eigenvalue weighted by atomic mass is 16.5. The molecule has 1 aromatic rings. The maximum Gasteiger partial charge on any atom is 0.129 e. The molecule has 5 nitrogen and oxygen atoms in total. The number of anilines is 1. The summed E-state index contributed by atoms with van der Waals surface area (Å²) in [6.45, 7) is 1.68. The quantitative estimate of drug-likeness (QED) is 0.603. The fourth-order valence-electron chi connectivity index (χ4n) is 0.813. The molecule has 0 amide bonds. The van der Waals surface area contributed by atoms with Crippen LogP contribution >= 0.6 is 0 Å². The Hall–Kier alpha value is -1.20. The van der Waals surface area contributed by atoms with Crippen molar-refractivity contribution in [3.63, 3.8) is 0 Å². The van der Waals surface area contributed by atoms with E-state index < -0.39 is 0 Å². The van der Waals surface area contributed by atoms with E-state index in [1.807, 2.05) is 0 Å². The molecule has 5 heteroatoms. The fraction of sp³-hybridized carbons (Fsp3) is 0.500. The van der Waals surface area contributed by atoms with Crippen molar-refractivity contribution in [3.05, 3.63) is 18.6 Å².